The molecular formula is C58H38N2O. The molecule has 3 nitrogen and oxygen atoms in total. The van der Waals surface area contributed by atoms with Gasteiger partial charge in [-0.05, 0) is 99.8 Å². The van der Waals surface area contributed by atoms with Gasteiger partial charge in [0, 0.05) is 49.7 Å². The highest BCUT2D eigenvalue weighted by atomic mass is 16.3. The molecule has 12 rings (SSSR count). The highest BCUT2D eigenvalue weighted by Crippen LogP contribution is 2.45. The van der Waals surface area contributed by atoms with Crippen molar-refractivity contribution in [1.29, 1.82) is 0 Å². The van der Waals surface area contributed by atoms with E-state index in [-0.39, 0.29) is 0 Å². The van der Waals surface area contributed by atoms with Gasteiger partial charge in [0.25, 0.3) is 0 Å². The van der Waals surface area contributed by atoms with E-state index in [2.05, 4.69) is 234 Å². The Balaban J connectivity index is 1.02. The summed E-state index contributed by atoms with van der Waals surface area (Å²) in [6, 6.07) is 82.9. The number of hydrogen-bond acceptors (Lipinski definition) is 2. The maximum absolute atomic E-state index is 6.64. The van der Waals surface area contributed by atoms with Crippen LogP contribution in [0.4, 0.5) is 17.1 Å². The Morgan fingerprint density at radius 1 is 0.344 bits per heavy atom. The smallest absolute Gasteiger partial charge is 0.143 e. The summed E-state index contributed by atoms with van der Waals surface area (Å²) in [4.78, 5) is 2.39. The normalized spacial score (nSPS) is 11.6. The Labute approximate surface area is 353 Å². The van der Waals surface area contributed by atoms with Crippen molar-refractivity contribution in [2.75, 3.05) is 4.90 Å². The minimum absolute atomic E-state index is 0.886. The molecule has 0 saturated carbocycles. The fraction of sp³-hybridized carbons (Fsp3) is 0. The predicted molar refractivity (Wildman–Crippen MR) is 257 cm³/mol. The van der Waals surface area contributed by atoms with Crippen LogP contribution in [0.3, 0.4) is 0 Å². The third-order valence-electron chi connectivity index (χ3n) is 12.2. The summed E-state index contributed by atoms with van der Waals surface area (Å²) in [7, 11) is 0. The van der Waals surface area contributed by atoms with Crippen LogP contribution in [0.5, 0.6) is 0 Å². The molecular weight excluding hydrogens is 741 g/mol. The third-order valence-corrected chi connectivity index (χ3v) is 12.2. The van der Waals surface area contributed by atoms with Crippen molar-refractivity contribution in [3.05, 3.63) is 231 Å². The average molecular weight is 779 g/mol. The van der Waals surface area contributed by atoms with E-state index >= 15 is 0 Å². The Kier molecular flexibility index (Phi) is 8.17. The molecule has 61 heavy (non-hydrogen) atoms. The molecule has 0 bridgehead atoms. The van der Waals surface area contributed by atoms with E-state index in [1.54, 1.807) is 0 Å². The summed E-state index contributed by atoms with van der Waals surface area (Å²) in [6.07, 6.45) is 0. The van der Waals surface area contributed by atoms with E-state index in [1.165, 1.54) is 49.3 Å². The summed E-state index contributed by atoms with van der Waals surface area (Å²) < 4.78 is 9.03. The molecule has 2 heterocycles. The molecule has 0 aliphatic rings. The van der Waals surface area contributed by atoms with Crippen LogP contribution < -0.4 is 4.90 Å². The van der Waals surface area contributed by atoms with Gasteiger partial charge in [-0.1, -0.05) is 164 Å². The van der Waals surface area contributed by atoms with Crippen LogP contribution in [-0.2, 0) is 0 Å². The van der Waals surface area contributed by atoms with Gasteiger partial charge in [-0.15, -0.1) is 0 Å². The Bertz CT molecular complexity index is 3560. The van der Waals surface area contributed by atoms with Gasteiger partial charge in [0.2, 0.25) is 0 Å². The summed E-state index contributed by atoms with van der Waals surface area (Å²) in [5.41, 5.74) is 15.3. The molecule has 0 saturated heterocycles. The predicted octanol–water partition coefficient (Wildman–Crippen LogP) is 16.3. The number of benzene rings is 10. The fourth-order valence-electron chi connectivity index (χ4n) is 9.30. The molecule has 0 spiro atoms. The molecule has 0 amide bonds. The second-order valence-electron chi connectivity index (χ2n) is 15.7. The highest BCUT2D eigenvalue weighted by molar-refractivity contribution is 6.11. The fourth-order valence-corrected chi connectivity index (χ4v) is 9.30. The topological polar surface area (TPSA) is 21.3 Å². The molecule has 0 N–H and O–H groups in total. The van der Waals surface area contributed by atoms with E-state index in [0.717, 1.165) is 61.4 Å². The van der Waals surface area contributed by atoms with Crippen molar-refractivity contribution >= 4 is 71.6 Å². The second-order valence-corrected chi connectivity index (χ2v) is 15.7. The third kappa shape index (κ3) is 5.90. The summed E-state index contributed by atoms with van der Waals surface area (Å²) >= 11 is 0. The molecule has 0 radical (unpaired) electrons. The maximum atomic E-state index is 6.64. The molecule has 0 aliphatic heterocycles. The quantitative estimate of drug-likeness (QED) is 0.161. The van der Waals surface area contributed by atoms with Crippen molar-refractivity contribution in [3.63, 3.8) is 0 Å². The van der Waals surface area contributed by atoms with Crippen molar-refractivity contribution in [2.45, 2.75) is 0 Å². The van der Waals surface area contributed by atoms with Gasteiger partial charge >= 0.3 is 0 Å². The summed E-state index contributed by atoms with van der Waals surface area (Å²) in [6.45, 7) is 0. The van der Waals surface area contributed by atoms with Gasteiger partial charge in [0.1, 0.15) is 11.2 Å². The zero-order valence-corrected chi connectivity index (χ0v) is 33.2. The minimum atomic E-state index is 0.886. The number of para-hydroxylation sites is 5. The van der Waals surface area contributed by atoms with Gasteiger partial charge in [-0.3, -0.25) is 0 Å². The lowest BCUT2D eigenvalue weighted by Gasteiger charge is -2.28. The van der Waals surface area contributed by atoms with Gasteiger partial charge < -0.3 is 13.9 Å². The molecule has 2 aromatic heterocycles. The molecule has 12 aromatic rings. The second kappa shape index (κ2) is 14.3. The molecule has 0 atom stereocenters. The van der Waals surface area contributed by atoms with Crippen LogP contribution in [0.15, 0.2) is 235 Å². The number of nitrogens with zero attached hydrogens (tertiary/aromatic N) is 2. The lowest BCUT2D eigenvalue weighted by atomic mass is 9.97. The van der Waals surface area contributed by atoms with Gasteiger partial charge in [-0.25, -0.2) is 0 Å². The first kappa shape index (κ1) is 34.9. The van der Waals surface area contributed by atoms with E-state index in [4.69, 9.17) is 4.42 Å². The van der Waals surface area contributed by atoms with Gasteiger partial charge in [-0.2, -0.15) is 0 Å². The lowest BCUT2D eigenvalue weighted by molar-refractivity contribution is 0.670. The van der Waals surface area contributed by atoms with E-state index < -0.39 is 0 Å². The molecule has 0 unspecified atom stereocenters. The van der Waals surface area contributed by atoms with Crippen LogP contribution in [0.25, 0.3) is 93.6 Å². The van der Waals surface area contributed by atoms with Crippen molar-refractivity contribution in [3.8, 4) is 39.1 Å². The van der Waals surface area contributed by atoms with Gasteiger partial charge in [0.05, 0.1) is 16.7 Å². The number of hydrogen-bond donors (Lipinski definition) is 0. The van der Waals surface area contributed by atoms with E-state index in [9.17, 15) is 0 Å². The summed E-state index contributed by atoms with van der Waals surface area (Å²) in [5, 5.41) is 7.20. The number of aromatic nitrogens is 1. The number of rotatable bonds is 7. The van der Waals surface area contributed by atoms with Crippen LogP contribution in [0.1, 0.15) is 0 Å². The molecule has 3 heteroatoms. The minimum Gasteiger partial charge on any atom is -0.455 e. The van der Waals surface area contributed by atoms with E-state index in [1.807, 2.05) is 6.07 Å². The van der Waals surface area contributed by atoms with Crippen molar-refractivity contribution in [1.82, 2.24) is 4.57 Å². The summed E-state index contributed by atoms with van der Waals surface area (Å²) in [5.74, 6) is 0. The Morgan fingerprint density at radius 2 is 0.934 bits per heavy atom. The molecule has 286 valence electrons. The average Bonchev–Trinajstić information content (AvgIpc) is 3.88. The number of anilines is 3. The van der Waals surface area contributed by atoms with Crippen LogP contribution in [0.2, 0.25) is 0 Å². The number of fused-ring (bicyclic) bond motifs is 7. The molecule has 0 fully saturated rings. The van der Waals surface area contributed by atoms with E-state index in [0.29, 0.717) is 0 Å². The molecule has 0 aliphatic carbocycles. The zero-order chi connectivity index (χ0) is 40.3. The Morgan fingerprint density at radius 3 is 1.75 bits per heavy atom. The maximum Gasteiger partial charge on any atom is 0.143 e. The monoisotopic (exact) mass is 778 g/mol. The van der Waals surface area contributed by atoms with Crippen LogP contribution in [0, 0.1) is 0 Å². The number of furan rings is 1. The first-order chi connectivity index (χ1) is 30.2. The first-order valence-electron chi connectivity index (χ1n) is 20.8. The lowest BCUT2D eigenvalue weighted by Crippen LogP contribution is -2.12. The first-order valence-corrected chi connectivity index (χ1v) is 20.8. The van der Waals surface area contributed by atoms with Crippen LogP contribution >= 0.6 is 0 Å². The molecule has 10 aromatic carbocycles. The standard InChI is InChI=1S/C58H38N2O/c1-2-15-41-37-44(31-30-39(41)14-1)43-17-11-16-42(36-43)40-32-34-45(35-33-40)59(46-18-12-19-47(38-46)60-55-27-8-3-20-48(55)49-21-4-9-28-56(49)60)54-26-7-5-22-50(54)52-24-13-25-53-51-23-6-10-29-57(51)61-58(52)53/h1-38H. The highest BCUT2D eigenvalue weighted by Gasteiger charge is 2.21. The van der Waals surface area contributed by atoms with Crippen molar-refractivity contribution in [2.24, 2.45) is 0 Å². The Hall–Kier alpha value is -8.14. The largest absolute Gasteiger partial charge is 0.455 e. The zero-order valence-electron chi connectivity index (χ0n) is 33.2. The van der Waals surface area contributed by atoms with Crippen molar-refractivity contribution < 1.29 is 4.42 Å². The SMILES string of the molecule is c1cc(-c2ccc(N(c3cccc(-n4c5ccccc5c5ccccc54)c3)c3ccccc3-c3cccc4c3oc3ccccc34)cc2)cc(-c2ccc3ccccc3c2)c1. The van der Waals surface area contributed by atoms with Crippen LogP contribution in [-0.4, -0.2) is 4.57 Å². The van der Waals surface area contributed by atoms with Gasteiger partial charge in [0.15, 0.2) is 0 Å².